The van der Waals surface area contributed by atoms with Gasteiger partial charge in [-0.2, -0.15) is 0 Å². The maximum Gasteiger partial charge on any atom is 0.251 e. The van der Waals surface area contributed by atoms with Gasteiger partial charge in [0.2, 0.25) is 0 Å². The second-order valence-corrected chi connectivity index (χ2v) is 8.67. The van der Waals surface area contributed by atoms with E-state index in [9.17, 15) is 14.7 Å². The standard InChI is InChI=1S/C30H26ClNO4/c1-2-21-18-24(36-27-11-7-6-10-26(27)31)16-17-25(21)30(35)32-19-20-12-14-23(15-13-20)29(34)28(33)22-8-4-3-5-9-22/h3-18,28,33H,2,19H2,1H3,(H,32,35). The second kappa shape index (κ2) is 11.7. The summed E-state index contributed by atoms with van der Waals surface area (Å²) >= 11 is 6.18. The maximum absolute atomic E-state index is 12.9. The SMILES string of the molecule is CCc1cc(Oc2ccccc2Cl)ccc1C(=O)NCc1ccc(C(=O)C(O)c2ccccc2)cc1. The predicted molar refractivity (Wildman–Crippen MR) is 141 cm³/mol. The number of para-hydroxylation sites is 1. The molecule has 4 rings (SSSR count). The molecule has 5 nitrogen and oxygen atoms in total. The molecular weight excluding hydrogens is 474 g/mol. The molecule has 4 aromatic rings. The van der Waals surface area contributed by atoms with Gasteiger partial charge in [-0.25, -0.2) is 0 Å². The average Bonchev–Trinajstić information content (AvgIpc) is 2.93. The Kier molecular flexibility index (Phi) is 8.16. The minimum absolute atomic E-state index is 0.198. The molecular formula is C30H26ClNO4. The van der Waals surface area contributed by atoms with Gasteiger partial charge >= 0.3 is 0 Å². The van der Waals surface area contributed by atoms with Crippen LogP contribution in [0.5, 0.6) is 11.5 Å². The number of amides is 1. The van der Waals surface area contributed by atoms with Crippen LogP contribution in [0.15, 0.2) is 97.1 Å². The van der Waals surface area contributed by atoms with Crippen LogP contribution >= 0.6 is 11.6 Å². The van der Waals surface area contributed by atoms with Gasteiger partial charge in [-0.1, -0.05) is 85.3 Å². The topological polar surface area (TPSA) is 75.6 Å². The van der Waals surface area contributed by atoms with E-state index in [0.717, 1.165) is 11.1 Å². The highest BCUT2D eigenvalue weighted by atomic mass is 35.5. The fourth-order valence-corrected chi connectivity index (χ4v) is 3.99. The number of hydrogen-bond donors (Lipinski definition) is 2. The third-order valence-corrected chi connectivity index (χ3v) is 6.13. The molecule has 0 aromatic heterocycles. The van der Waals surface area contributed by atoms with E-state index in [1.807, 2.05) is 31.2 Å². The van der Waals surface area contributed by atoms with E-state index < -0.39 is 6.10 Å². The molecule has 0 bridgehead atoms. The van der Waals surface area contributed by atoms with Crippen molar-refractivity contribution in [2.24, 2.45) is 0 Å². The Morgan fingerprint density at radius 1 is 0.917 bits per heavy atom. The van der Waals surface area contributed by atoms with Gasteiger partial charge in [0.05, 0.1) is 5.02 Å². The maximum atomic E-state index is 12.9. The molecule has 0 heterocycles. The number of Topliss-reactive ketones (excluding diaryl/α,β-unsaturated/α-hetero) is 1. The summed E-state index contributed by atoms with van der Waals surface area (Å²) in [6.45, 7) is 2.28. The van der Waals surface area contributed by atoms with Gasteiger partial charge in [0, 0.05) is 17.7 Å². The van der Waals surface area contributed by atoms with Crippen LogP contribution in [0.3, 0.4) is 0 Å². The number of benzene rings is 4. The Balaban J connectivity index is 1.39. The van der Waals surface area contributed by atoms with Gasteiger partial charge in [-0.3, -0.25) is 9.59 Å². The lowest BCUT2D eigenvalue weighted by atomic mass is 9.99. The molecule has 0 saturated carbocycles. The minimum Gasteiger partial charge on any atom is -0.456 e. The highest BCUT2D eigenvalue weighted by Crippen LogP contribution is 2.30. The van der Waals surface area contributed by atoms with Crippen molar-refractivity contribution in [1.82, 2.24) is 5.32 Å². The van der Waals surface area contributed by atoms with Gasteiger partial charge in [0.25, 0.3) is 5.91 Å². The number of halogens is 1. The van der Waals surface area contributed by atoms with Crippen LogP contribution in [-0.2, 0) is 13.0 Å². The van der Waals surface area contributed by atoms with Crippen molar-refractivity contribution in [2.75, 3.05) is 0 Å². The monoisotopic (exact) mass is 499 g/mol. The van der Waals surface area contributed by atoms with Gasteiger partial charge in [0.15, 0.2) is 5.78 Å². The Morgan fingerprint density at radius 3 is 2.31 bits per heavy atom. The zero-order valence-electron chi connectivity index (χ0n) is 19.8. The van der Waals surface area contributed by atoms with E-state index in [0.29, 0.717) is 46.2 Å². The normalized spacial score (nSPS) is 11.5. The molecule has 0 radical (unpaired) electrons. The molecule has 0 saturated heterocycles. The van der Waals surface area contributed by atoms with Gasteiger partial charge in [-0.15, -0.1) is 0 Å². The summed E-state index contributed by atoms with van der Waals surface area (Å²) in [5.41, 5.74) is 3.22. The zero-order chi connectivity index (χ0) is 25.5. The van der Waals surface area contributed by atoms with Gasteiger partial charge < -0.3 is 15.2 Å². The molecule has 2 N–H and O–H groups in total. The molecule has 36 heavy (non-hydrogen) atoms. The lowest BCUT2D eigenvalue weighted by Gasteiger charge is -2.13. The van der Waals surface area contributed by atoms with E-state index in [4.69, 9.17) is 16.3 Å². The number of aliphatic hydroxyl groups excluding tert-OH is 1. The molecule has 0 aliphatic carbocycles. The molecule has 1 amide bonds. The largest absolute Gasteiger partial charge is 0.456 e. The van der Waals surface area contributed by atoms with Crippen molar-refractivity contribution in [3.8, 4) is 11.5 Å². The van der Waals surface area contributed by atoms with Gasteiger partial charge in [-0.05, 0) is 53.4 Å². The molecule has 6 heteroatoms. The molecule has 182 valence electrons. The number of carbonyl (C=O) groups excluding carboxylic acids is 2. The van der Waals surface area contributed by atoms with Crippen molar-refractivity contribution in [2.45, 2.75) is 26.0 Å². The lowest BCUT2D eigenvalue weighted by molar-refractivity contribution is 0.0747. The summed E-state index contributed by atoms with van der Waals surface area (Å²) in [6.07, 6.45) is -0.558. The second-order valence-electron chi connectivity index (χ2n) is 8.26. The van der Waals surface area contributed by atoms with Crippen LogP contribution < -0.4 is 10.1 Å². The Hall–Kier alpha value is -3.93. The molecule has 0 fully saturated rings. The van der Waals surface area contributed by atoms with E-state index >= 15 is 0 Å². The number of hydrogen-bond acceptors (Lipinski definition) is 4. The van der Waals surface area contributed by atoms with Crippen molar-refractivity contribution >= 4 is 23.3 Å². The summed E-state index contributed by atoms with van der Waals surface area (Å²) in [7, 11) is 0. The van der Waals surface area contributed by atoms with Crippen molar-refractivity contribution in [3.05, 3.63) is 130 Å². The zero-order valence-corrected chi connectivity index (χ0v) is 20.5. The molecule has 1 unspecified atom stereocenters. The number of aryl methyl sites for hydroxylation is 1. The van der Waals surface area contributed by atoms with Crippen LogP contribution in [0.1, 0.15) is 50.4 Å². The molecule has 0 spiro atoms. The van der Waals surface area contributed by atoms with Crippen molar-refractivity contribution in [3.63, 3.8) is 0 Å². The summed E-state index contributed by atoms with van der Waals surface area (Å²) in [5, 5.41) is 13.8. The van der Waals surface area contributed by atoms with E-state index in [1.165, 1.54) is 0 Å². The fraction of sp³-hybridized carbons (Fsp3) is 0.133. The van der Waals surface area contributed by atoms with Gasteiger partial charge in [0.1, 0.15) is 17.6 Å². The summed E-state index contributed by atoms with van der Waals surface area (Å²) in [4.78, 5) is 25.5. The first-order chi connectivity index (χ1) is 17.5. The summed E-state index contributed by atoms with van der Waals surface area (Å²) < 4.78 is 5.88. The minimum atomic E-state index is -1.21. The first kappa shape index (κ1) is 25.2. The Labute approximate surface area is 215 Å². The summed E-state index contributed by atoms with van der Waals surface area (Å²) in [6, 6.07) is 28.2. The average molecular weight is 500 g/mol. The Bertz CT molecular complexity index is 1350. The van der Waals surface area contributed by atoms with Crippen LogP contribution in [0.4, 0.5) is 0 Å². The lowest BCUT2D eigenvalue weighted by Crippen LogP contribution is -2.24. The number of carbonyl (C=O) groups is 2. The first-order valence-corrected chi connectivity index (χ1v) is 12.0. The Morgan fingerprint density at radius 2 is 1.61 bits per heavy atom. The van der Waals surface area contributed by atoms with Crippen LogP contribution in [0.25, 0.3) is 0 Å². The van der Waals surface area contributed by atoms with E-state index in [2.05, 4.69) is 5.32 Å². The van der Waals surface area contributed by atoms with Crippen molar-refractivity contribution < 1.29 is 19.4 Å². The van der Waals surface area contributed by atoms with Crippen LogP contribution in [0, 0.1) is 0 Å². The molecule has 0 aliphatic heterocycles. The van der Waals surface area contributed by atoms with E-state index in [1.54, 1.807) is 72.8 Å². The quantitative estimate of drug-likeness (QED) is 0.256. The smallest absolute Gasteiger partial charge is 0.251 e. The molecule has 1 atom stereocenters. The predicted octanol–water partition coefficient (Wildman–Crippen LogP) is 6.54. The molecule has 0 aliphatic rings. The first-order valence-electron chi connectivity index (χ1n) is 11.7. The number of rotatable bonds is 9. The number of aliphatic hydroxyl groups is 1. The van der Waals surface area contributed by atoms with E-state index in [-0.39, 0.29) is 11.7 Å². The fourth-order valence-electron chi connectivity index (χ4n) is 3.81. The number of ketones is 1. The highest BCUT2D eigenvalue weighted by Gasteiger charge is 2.19. The number of nitrogens with one attached hydrogen (secondary N) is 1. The molecule has 4 aromatic carbocycles. The van der Waals surface area contributed by atoms with Crippen molar-refractivity contribution in [1.29, 1.82) is 0 Å². The number of ether oxygens (including phenoxy) is 1. The third kappa shape index (κ3) is 6.00. The third-order valence-electron chi connectivity index (χ3n) is 5.82. The van der Waals surface area contributed by atoms with Crippen LogP contribution in [-0.4, -0.2) is 16.8 Å². The highest BCUT2D eigenvalue weighted by molar-refractivity contribution is 6.32. The summed E-state index contributed by atoms with van der Waals surface area (Å²) in [5.74, 6) is 0.588. The van der Waals surface area contributed by atoms with Crippen LogP contribution in [0.2, 0.25) is 5.02 Å².